The molecule has 102 valence electrons. The van der Waals surface area contributed by atoms with Gasteiger partial charge in [0.05, 0.1) is 25.1 Å². The molecule has 0 saturated carbocycles. The van der Waals surface area contributed by atoms with Crippen molar-refractivity contribution in [3.05, 3.63) is 24.3 Å². The molecule has 1 saturated heterocycles. The number of carbonyl (C=O) groups is 2. The van der Waals surface area contributed by atoms with Crippen LogP contribution >= 0.6 is 0 Å². The van der Waals surface area contributed by atoms with Crippen molar-refractivity contribution in [1.29, 1.82) is 0 Å². The zero-order valence-corrected chi connectivity index (χ0v) is 11.2. The Morgan fingerprint density at radius 1 is 1.42 bits per heavy atom. The predicted molar refractivity (Wildman–Crippen MR) is 69.9 cm³/mol. The molecule has 1 fully saturated rings. The average molecular weight is 263 g/mol. The molecule has 0 bridgehead atoms. The summed E-state index contributed by atoms with van der Waals surface area (Å²) in [6.07, 6.45) is 0.105. The number of cyclic esters (lactones) is 1. The molecule has 1 unspecified atom stereocenters. The lowest BCUT2D eigenvalue weighted by molar-refractivity contribution is -0.147. The largest absolute Gasteiger partial charge is 0.495 e. The van der Waals surface area contributed by atoms with Crippen LogP contribution < -0.4 is 10.1 Å². The minimum absolute atomic E-state index is 0.105. The molecule has 1 N–H and O–H groups in total. The summed E-state index contributed by atoms with van der Waals surface area (Å²) in [5.41, 5.74) is -0.187. The molecule has 0 aromatic heterocycles. The first-order valence-corrected chi connectivity index (χ1v) is 6.10. The van der Waals surface area contributed by atoms with E-state index in [4.69, 9.17) is 9.47 Å². The Bertz CT molecular complexity index is 510. The normalized spacial score (nSPS) is 20.8. The molecule has 5 heteroatoms. The van der Waals surface area contributed by atoms with Gasteiger partial charge in [0.25, 0.3) is 0 Å². The Balaban J connectivity index is 2.15. The van der Waals surface area contributed by atoms with Crippen LogP contribution in [0.4, 0.5) is 5.69 Å². The number of benzene rings is 1. The maximum absolute atomic E-state index is 12.2. The van der Waals surface area contributed by atoms with Crippen LogP contribution in [0.3, 0.4) is 0 Å². The molecule has 1 heterocycles. The highest BCUT2D eigenvalue weighted by atomic mass is 16.6. The Morgan fingerprint density at radius 2 is 2.11 bits per heavy atom. The lowest BCUT2D eigenvalue weighted by Gasteiger charge is -2.24. The van der Waals surface area contributed by atoms with E-state index in [9.17, 15) is 9.59 Å². The number of methoxy groups -OCH3 is 1. The minimum Gasteiger partial charge on any atom is -0.495 e. The highest BCUT2D eigenvalue weighted by Gasteiger charge is 2.46. The first-order valence-electron chi connectivity index (χ1n) is 6.10. The van der Waals surface area contributed by atoms with E-state index in [-0.39, 0.29) is 18.3 Å². The summed E-state index contributed by atoms with van der Waals surface area (Å²) in [6.45, 7) is 3.48. The predicted octanol–water partition coefficient (Wildman–Crippen LogP) is 1.98. The van der Waals surface area contributed by atoms with E-state index >= 15 is 0 Å². The molecule has 1 aromatic rings. The SMILES string of the molecule is COc1ccccc1NC(=O)C1CC(=O)OC1(C)C. The highest BCUT2D eigenvalue weighted by Crippen LogP contribution is 2.34. The fraction of sp³-hybridized carbons (Fsp3) is 0.429. The van der Waals surface area contributed by atoms with Gasteiger partial charge in [0, 0.05) is 0 Å². The van der Waals surface area contributed by atoms with Crippen LogP contribution in [0.25, 0.3) is 0 Å². The molecule has 19 heavy (non-hydrogen) atoms. The lowest BCUT2D eigenvalue weighted by atomic mass is 9.90. The van der Waals surface area contributed by atoms with E-state index in [1.807, 2.05) is 6.07 Å². The van der Waals surface area contributed by atoms with Gasteiger partial charge in [-0.2, -0.15) is 0 Å². The van der Waals surface area contributed by atoms with Gasteiger partial charge in [-0.05, 0) is 26.0 Å². The van der Waals surface area contributed by atoms with Crippen molar-refractivity contribution < 1.29 is 19.1 Å². The third kappa shape index (κ3) is 2.70. The van der Waals surface area contributed by atoms with Crippen molar-refractivity contribution in [3.63, 3.8) is 0 Å². The van der Waals surface area contributed by atoms with Crippen molar-refractivity contribution in [3.8, 4) is 5.75 Å². The number of hydrogen-bond donors (Lipinski definition) is 1. The fourth-order valence-corrected chi connectivity index (χ4v) is 2.19. The number of para-hydroxylation sites is 2. The van der Waals surface area contributed by atoms with Crippen molar-refractivity contribution in [1.82, 2.24) is 0 Å². The van der Waals surface area contributed by atoms with Gasteiger partial charge in [-0.1, -0.05) is 12.1 Å². The molecule has 1 aliphatic heterocycles. The molecule has 0 radical (unpaired) electrons. The molecule has 0 spiro atoms. The molecule has 2 rings (SSSR count). The number of rotatable bonds is 3. The molecule has 1 aliphatic rings. The van der Waals surface area contributed by atoms with Gasteiger partial charge >= 0.3 is 5.97 Å². The number of carbonyl (C=O) groups excluding carboxylic acids is 2. The summed E-state index contributed by atoms with van der Waals surface area (Å²) in [5, 5.41) is 2.78. The fourth-order valence-electron chi connectivity index (χ4n) is 2.19. The van der Waals surface area contributed by atoms with E-state index < -0.39 is 11.5 Å². The zero-order chi connectivity index (χ0) is 14.0. The van der Waals surface area contributed by atoms with Crippen molar-refractivity contribution in [2.75, 3.05) is 12.4 Å². The number of nitrogens with one attached hydrogen (secondary N) is 1. The van der Waals surface area contributed by atoms with Gasteiger partial charge in [-0.3, -0.25) is 9.59 Å². The second kappa shape index (κ2) is 4.91. The quantitative estimate of drug-likeness (QED) is 0.847. The Labute approximate surface area is 111 Å². The summed E-state index contributed by atoms with van der Waals surface area (Å²) in [4.78, 5) is 23.6. The number of anilines is 1. The van der Waals surface area contributed by atoms with E-state index in [0.717, 1.165) is 0 Å². The molecular formula is C14H17NO4. The third-order valence-electron chi connectivity index (χ3n) is 3.27. The Kier molecular flexibility index (Phi) is 3.46. The smallest absolute Gasteiger partial charge is 0.307 e. The van der Waals surface area contributed by atoms with E-state index in [0.29, 0.717) is 11.4 Å². The summed E-state index contributed by atoms with van der Waals surface area (Å²) < 4.78 is 10.3. The third-order valence-corrected chi connectivity index (χ3v) is 3.27. The summed E-state index contributed by atoms with van der Waals surface area (Å²) in [5.74, 6) is -0.491. The standard InChI is InChI=1S/C14H17NO4/c1-14(2)9(8-12(16)19-14)13(17)15-10-6-4-5-7-11(10)18-3/h4-7,9H,8H2,1-3H3,(H,15,17). The van der Waals surface area contributed by atoms with Crippen molar-refractivity contribution in [2.45, 2.75) is 25.9 Å². The maximum atomic E-state index is 12.2. The van der Waals surface area contributed by atoms with Crippen molar-refractivity contribution >= 4 is 17.6 Å². The molecule has 5 nitrogen and oxygen atoms in total. The molecular weight excluding hydrogens is 246 g/mol. The number of ether oxygens (including phenoxy) is 2. The first-order chi connectivity index (χ1) is 8.94. The van der Waals surface area contributed by atoms with Gasteiger partial charge in [0.15, 0.2) is 0 Å². The molecule has 1 aromatic carbocycles. The van der Waals surface area contributed by atoms with Crippen LogP contribution in [0.5, 0.6) is 5.75 Å². The molecule has 0 aliphatic carbocycles. The van der Waals surface area contributed by atoms with Crippen LogP contribution in [0, 0.1) is 5.92 Å². The van der Waals surface area contributed by atoms with E-state index in [2.05, 4.69) is 5.32 Å². The minimum atomic E-state index is -0.775. The topological polar surface area (TPSA) is 64.6 Å². The van der Waals surface area contributed by atoms with Gasteiger partial charge in [-0.25, -0.2) is 0 Å². The maximum Gasteiger partial charge on any atom is 0.307 e. The first kappa shape index (κ1) is 13.4. The second-order valence-corrected chi connectivity index (χ2v) is 5.02. The summed E-state index contributed by atoms with van der Waals surface area (Å²) in [7, 11) is 1.54. The number of esters is 1. The van der Waals surface area contributed by atoms with E-state index in [1.165, 1.54) is 7.11 Å². The van der Waals surface area contributed by atoms with Gasteiger partial charge in [0.2, 0.25) is 5.91 Å². The molecule has 1 atom stereocenters. The van der Waals surface area contributed by atoms with Crippen LogP contribution in [-0.4, -0.2) is 24.6 Å². The summed E-state index contributed by atoms with van der Waals surface area (Å²) >= 11 is 0. The molecule has 1 amide bonds. The van der Waals surface area contributed by atoms with Crippen LogP contribution in [0.2, 0.25) is 0 Å². The zero-order valence-electron chi connectivity index (χ0n) is 11.2. The Morgan fingerprint density at radius 3 is 2.68 bits per heavy atom. The average Bonchev–Trinajstić information content (AvgIpc) is 2.63. The van der Waals surface area contributed by atoms with E-state index in [1.54, 1.807) is 32.0 Å². The second-order valence-electron chi connectivity index (χ2n) is 5.02. The van der Waals surface area contributed by atoms with Crippen LogP contribution in [0.15, 0.2) is 24.3 Å². The van der Waals surface area contributed by atoms with Gasteiger partial charge in [0.1, 0.15) is 11.4 Å². The number of amides is 1. The number of hydrogen-bond acceptors (Lipinski definition) is 4. The lowest BCUT2D eigenvalue weighted by Crippen LogP contribution is -2.36. The highest BCUT2D eigenvalue weighted by molar-refractivity contribution is 5.97. The van der Waals surface area contributed by atoms with Crippen LogP contribution in [-0.2, 0) is 14.3 Å². The van der Waals surface area contributed by atoms with Gasteiger partial charge < -0.3 is 14.8 Å². The Hall–Kier alpha value is -2.04. The van der Waals surface area contributed by atoms with Gasteiger partial charge in [-0.15, -0.1) is 0 Å². The summed E-state index contributed by atoms with van der Waals surface area (Å²) in [6, 6.07) is 7.14. The van der Waals surface area contributed by atoms with Crippen molar-refractivity contribution in [2.24, 2.45) is 5.92 Å². The van der Waals surface area contributed by atoms with Crippen LogP contribution in [0.1, 0.15) is 20.3 Å². The monoisotopic (exact) mass is 263 g/mol.